The average Bonchev–Trinajstić information content (AvgIpc) is 2.26. The van der Waals surface area contributed by atoms with Crippen LogP contribution in [-0.2, 0) is 0 Å². The SMILES string of the molecule is CC1CC2C(C)C(Br)(C1)C1CCCC2(Br)C1C. The first-order valence-electron chi connectivity index (χ1n) is 7.27. The van der Waals surface area contributed by atoms with Crippen molar-refractivity contribution in [3.05, 3.63) is 0 Å². The predicted molar refractivity (Wildman–Crippen MR) is 80.9 cm³/mol. The van der Waals surface area contributed by atoms with Gasteiger partial charge in [-0.15, -0.1) is 0 Å². The Balaban J connectivity index is 2.08. The Morgan fingerprint density at radius 2 is 1.59 bits per heavy atom. The molecule has 0 spiro atoms. The van der Waals surface area contributed by atoms with Gasteiger partial charge in [0.25, 0.3) is 0 Å². The Hall–Kier alpha value is 0.960. The summed E-state index contributed by atoms with van der Waals surface area (Å²) in [5.41, 5.74) is 0. The van der Waals surface area contributed by atoms with Gasteiger partial charge >= 0.3 is 0 Å². The topological polar surface area (TPSA) is 0 Å². The molecule has 7 atom stereocenters. The van der Waals surface area contributed by atoms with Crippen LogP contribution in [0.2, 0.25) is 0 Å². The zero-order valence-electron chi connectivity index (χ0n) is 11.2. The van der Waals surface area contributed by atoms with Crippen molar-refractivity contribution in [3.8, 4) is 0 Å². The highest BCUT2D eigenvalue weighted by atomic mass is 79.9. The van der Waals surface area contributed by atoms with E-state index in [1.165, 1.54) is 32.1 Å². The first-order valence-corrected chi connectivity index (χ1v) is 8.86. The van der Waals surface area contributed by atoms with Gasteiger partial charge < -0.3 is 0 Å². The molecule has 0 aliphatic heterocycles. The Kier molecular flexibility index (Phi) is 3.03. The van der Waals surface area contributed by atoms with Gasteiger partial charge in [0.1, 0.15) is 0 Å². The summed E-state index contributed by atoms with van der Waals surface area (Å²) < 4.78 is 0.883. The molecule has 4 bridgehead atoms. The molecule has 0 aromatic carbocycles. The van der Waals surface area contributed by atoms with Crippen molar-refractivity contribution < 1.29 is 0 Å². The van der Waals surface area contributed by atoms with Crippen molar-refractivity contribution >= 4 is 31.9 Å². The van der Waals surface area contributed by atoms with E-state index in [4.69, 9.17) is 0 Å². The fraction of sp³-hybridized carbons (Fsp3) is 1.00. The zero-order chi connectivity index (χ0) is 12.4. The van der Waals surface area contributed by atoms with Crippen LogP contribution in [0.25, 0.3) is 0 Å². The minimum absolute atomic E-state index is 0.437. The van der Waals surface area contributed by atoms with Gasteiger partial charge in [0.2, 0.25) is 0 Å². The molecule has 0 heterocycles. The van der Waals surface area contributed by atoms with Crippen molar-refractivity contribution in [3.63, 3.8) is 0 Å². The number of fused-ring (bicyclic) bond motifs is 6. The van der Waals surface area contributed by atoms with E-state index in [2.05, 4.69) is 52.6 Å². The second kappa shape index (κ2) is 3.98. The molecule has 3 saturated carbocycles. The van der Waals surface area contributed by atoms with E-state index in [1.807, 2.05) is 0 Å². The molecule has 0 nitrogen and oxygen atoms in total. The highest BCUT2D eigenvalue weighted by Crippen LogP contribution is 2.67. The third-order valence-electron chi connectivity index (χ3n) is 6.35. The van der Waals surface area contributed by atoms with Gasteiger partial charge in [-0.1, -0.05) is 59.1 Å². The first kappa shape index (κ1) is 13.0. The quantitative estimate of drug-likeness (QED) is 0.506. The second-order valence-electron chi connectivity index (χ2n) is 7.08. The largest absolute Gasteiger partial charge is 0.0847 e. The van der Waals surface area contributed by atoms with Crippen molar-refractivity contribution in [1.82, 2.24) is 0 Å². The van der Waals surface area contributed by atoms with Crippen molar-refractivity contribution in [2.45, 2.75) is 61.5 Å². The summed E-state index contributed by atoms with van der Waals surface area (Å²) >= 11 is 8.44. The average molecular weight is 364 g/mol. The molecule has 2 heteroatoms. The molecule has 3 fully saturated rings. The number of alkyl halides is 2. The monoisotopic (exact) mass is 362 g/mol. The minimum Gasteiger partial charge on any atom is -0.0847 e. The number of rotatable bonds is 0. The van der Waals surface area contributed by atoms with Gasteiger partial charge in [-0.25, -0.2) is 0 Å². The lowest BCUT2D eigenvalue weighted by Crippen LogP contribution is -2.64. The molecule has 0 N–H and O–H groups in total. The fourth-order valence-corrected chi connectivity index (χ4v) is 8.14. The van der Waals surface area contributed by atoms with Gasteiger partial charge in [0, 0.05) is 8.65 Å². The van der Waals surface area contributed by atoms with Crippen molar-refractivity contribution in [1.29, 1.82) is 0 Å². The summed E-state index contributed by atoms with van der Waals surface area (Å²) in [5, 5.41) is 0. The molecule has 0 aromatic heterocycles. The highest BCUT2D eigenvalue weighted by Gasteiger charge is 2.63. The maximum atomic E-state index is 4.22. The van der Waals surface area contributed by atoms with Crippen LogP contribution < -0.4 is 0 Å². The van der Waals surface area contributed by atoms with E-state index in [9.17, 15) is 0 Å². The minimum atomic E-state index is 0.437. The van der Waals surface area contributed by atoms with Gasteiger partial charge in [-0.05, 0) is 55.3 Å². The van der Waals surface area contributed by atoms with Crippen LogP contribution in [-0.4, -0.2) is 8.65 Å². The Morgan fingerprint density at radius 1 is 0.941 bits per heavy atom. The third-order valence-corrected chi connectivity index (χ3v) is 9.69. The number of halogens is 2. The molecular formula is C15H24Br2. The lowest BCUT2D eigenvalue weighted by Gasteiger charge is -2.65. The molecule has 98 valence electrons. The van der Waals surface area contributed by atoms with Crippen LogP contribution in [0.5, 0.6) is 0 Å². The molecular weight excluding hydrogens is 340 g/mol. The summed E-state index contributed by atoms with van der Waals surface area (Å²) in [5.74, 6) is 4.31. The Labute approximate surface area is 123 Å². The van der Waals surface area contributed by atoms with E-state index in [1.54, 1.807) is 0 Å². The predicted octanol–water partition coefficient (Wildman–Crippen LogP) is 5.39. The van der Waals surface area contributed by atoms with E-state index in [0.29, 0.717) is 8.65 Å². The maximum absolute atomic E-state index is 4.22. The van der Waals surface area contributed by atoms with Crippen molar-refractivity contribution in [2.75, 3.05) is 0 Å². The van der Waals surface area contributed by atoms with E-state index < -0.39 is 0 Å². The molecule has 0 amide bonds. The van der Waals surface area contributed by atoms with E-state index in [0.717, 1.165) is 29.6 Å². The summed E-state index contributed by atoms with van der Waals surface area (Å²) in [4.78, 5) is 0. The molecule has 3 aliphatic rings. The van der Waals surface area contributed by atoms with Gasteiger partial charge in [-0.3, -0.25) is 0 Å². The fourth-order valence-electron chi connectivity index (χ4n) is 5.46. The van der Waals surface area contributed by atoms with E-state index >= 15 is 0 Å². The summed E-state index contributed by atoms with van der Waals surface area (Å²) in [7, 11) is 0. The van der Waals surface area contributed by atoms with Crippen LogP contribution >= 0.6 is 31.9 Å². The van der Waals surface area contributed by atoms with E-state index in [-0.39, 0.29) is 0 Å². The normalized spacial score (nSPS) is 62.3. The van der Waals surface area contributed by atoms with Crippen LogP contribution in [0.3, 0.4) is 0 Å². The summed E-state index contributed by atoms with van der Waals surface area (Å²) in [6.07, 6.45) is 7.07. The van der Waals surface area contributed by atoms with Crippen LogP contribution in [0.4, 0.5) is 0 Å². The second-order valence-corrected chi connectivity index (χ2v) is 10.0. The number of hydrogen-bond acceptors (Lipinski definition) is 0. The third kappa shape index (κ3) is 1.58. The molecule has 0 saturated heterocycles. The Morgan fingerprint density at radius 3 is 2.29 bits per heavy atom. The molecule has 17 heavy (non-hydrogen) atoms. The maximum Gasteiger partial charge on any atom is 0.0320 e. The van der Waals surface area contributed by atoms with Crippen LogP contribution in [0, 0.1) is 29.6 Å². The van der Waals surface area contributed by atoms with Crippen LogP contribution in [0.1, 0.15) is 52.9 Å². The lowest BCUT2D eigenvalue weighted by molar-refractivity contribution is -0.0382. The van der Waals surface area contributed by atoms with Crippen molar-refractivity contribution in [2.24, 2.45) is 29.6 Å². The van der Waals surface area contributed by atoms with Gasteiger partial charge in [0.15, 0.2) is 0 Å². The van der Waals surface area contributed by atoms with Gasteiger partial charge in [0.05, 0.1) is 0 Å². The Bertz CT molecular complexity index is 329. The number of hydrogen-bond donors (Lipinski definition) is 0. The first-order chi connectivity index (χ1) is 7.89. The highest BCUT2D eigenvalue weighted by molar-refractivity contribution is 9.10. The molecule has 7 unspecified atom stereocenters. The van der Waals surface area contributed by atoms with Crippen LogP contribution in [0.15, 0.2) is 0 Å². The summed E-state index contributed by atoms with van der Waals surface area (Å²) in [6.45, 7) is 7.46. The van der Waals surface area contributed by atoms with Gasteiger partial charge in [-0.2, -0.15) is 0 Å². The molecule has 3 rings (SSSR count). The molecule has 0 aromatic rings. The summed E-state index contributed by atoms with van der Waals surface area (Å²) in [6, 6.07) is 0. The standard InChI is InChI=1S/C15H24Br2/c1-9-7-13-11(3)15(17,8-9)12-5-4-6-14(13,16)10(12)2/h9-13H,4-8H2,1-3H3. The lowest BCUT2D eigenvalue weighted by atomic mass is 9.47. The molecule has 0 radical (unpaired) electrons. The zero-order valence-corrected chi connectivity index (χ0v) is 14.4. The molecule has 3 aliphatic carbocycles. The smallest absolute Gasteiger partial charge is 0.0320 e.